The largest absolute Gasteiger partial charge is 0.481 e. The number of carboxylic acids is 1. The molecule has 0 unspecified atom stereocenters. The maximum absolute atomic E-state index is 11.3. The molecular weight excluding hydrogens is 172 g/mol. The number of carbonyl (C=O) groups is 2. The smallest absolute Gasteiger partial charge is 0.310 e. The van der Waals surface area contributed by atoms with Crippen LogP contribution in [-0.4, -0.2) is 41.0 Å². The predicted molar refractivity (Wildman–Crippen MR) is 46.0 cm³/mol. The van der Waals surface area contributed by atoms with Gasteiger partial charge < -0.3 is 15.7 Å². The van der Waals surface area contributed by atoms with Crippen LogP contribution in [0.1, 0.15) is 13.3 Å². The summed E-state index contributed by atoms with van der Waals surface area (Å²) in [4.78, 5) is 23.2. The van der Waals surface area contributed by atoms with Crippen molar-refractivity contribution in [1.29, 1.82) is 0 Å². The first kappa shape index (κ1) is 9.98. The third-order valence-electron chi connectivity index (χ3n) is 2.30. The van der Waals surface area contributed by atoms with Crippen LogP contribution in [0, 0.1) is 5.92 Å². The second-order valence-corrected chi connectivity index (χ2v) is 3.29. The SMILES string of the molecule is CC[C@@H](N)C(=O)N1CC(C(=O)O)C1. The van der Waals surface area contributed by atoms with Gasteiger partial charge in [0.15, 0.2) is 0 Å². The standard InChI is InChI=1S/C8H14N2O3/c1-2-6(9)7(11)10-3-5(4-10)8(12)13/h5-6H,2-4,9H2,1H3,(H,12,13)/t6-/m1/s1. The summed E-state index contributed by atoms with van der Waals surface area (Å²) < 4.78 is 0. The number of likely N-dealkylation sites (tertiary alicyclic amines) is 1. The van der Waals surface area contributed by atoms with E-state index in [1.807, 2.05) is 6.92 Å². The molecule has 1 fully saturated rings. The van der Waals surface area contributed by atoms with Crippen LogP contribution in [0.5, 0.6) is 0 Å². The first-order valence-corrected chi connectivity index (χ1v) is 4.33. The maximum Gasteiger partial charge on any atom is 0.310 e. The fraction of sp³-hybridized carbons (Fsp3) is 0.750. The van der Waals surface area contributed by atoms with Crippen molar-refractivity contribution in [3.8, 4) is 0 Å². The van der Waals surface area contributed by atoms with Crippen LogP contribution in [0.3, 0.4) is 0 Å². The molecular formula is C8H14N2O3. The fourth-order valence-electron chi connectivity index (χ4n) is 1.22. The van der Waals surface area contributed by atoms with Crippen molar-refractivity contribution in [2.75, 3.05) is 13.1 Å². The van der Waals surface area contributed by atoms with Gasteiger partial charge in [-0.3, -0.25) is 9.59 Å². The minimum atomic E-state index is -0.839. The molecule has 0 aromatic rings. The van der Waals surface area contributed by atoms with Crippen molar-refractivity contribution < 1.29 is 14.7 Å². The minimum absolute atomic E-state index is 0.139. The summed E-state index contributed by atoms with van der Waals surface area (Å²) in [6.45, 7) is 2.45. The van der Waals surface area contributed by atoms with E-state index >= 15 is 0 Å². The lowest BCUT2D eigenvalue weighted by Crippen LogP contribution is -2.57. The number of amides is 1. The number of rotatable bonds is 3. The van der Waals surface area contributed by atoms with E-state index in [1.54, 1.807) is 0 Å². The number of nitrogens with zero attached hydrogens (tertiary/aromatic N) is 1. The van der Waals surface area contributed by atoms with E-state index in [4.69, 9.17) is 10.8 Å². The molecule has 74 valence electrons. The highest BCUT2D eigenvalue weighted by Crippen LogP contribution is 2.16. The zero-order chi connectivity index (χ0) is 10.0. The van der Waals surface area contributed by atoms with E-state index in [2.05, 4.69) is 0 Å². The monoisotopic (exact) mass is 186 g/mol. The van der Waals surface area contributed by atoms with Crippen LogP contribution in [0.2, 0.25) is 0 Å². The van der Waals surface area contributed by atoms with Gasteiger partial charge in [-0.15, -0.1) is 0 Å². The van der Waals surface area contributed by atoms with E-state index in [-0.39, 0.29) is 5.91 Å². The van der Waals surface area contributed by atoms with Crippen molar-refractivity contribution in [2.45, 2.75) is 19.4 Å². The Kier molecular flexibility index (Phi) is 2.87. The van der Waals surface area contributed by atoms with Gasteiger partial charge in [0.1, 0.15) is 0 Å². The zero-order valence-electron chi connectivity index (χ0n) is 7.56. The van der Waals surface area contributed by atoms with Gasteiger partial charge in [-0.25, -0.2) is 0 Å². The highest BCUT2D eigenvalue weighted by molar-refractivity contribution is 5.84. The Labute approximate surface area is 76.5 Å². The van der Waals surface area contributed by atoms with Gasteiger partial charge in [0, 0.05) is 13.1 Å². The molecule has 0 bridgehead atoms. The number of hydrogen-bond acceptors (Lipinski definition) is 3. The summed E-state index contributed by atoms with van der Waals surface area (Å²) in [5.74, 6) is -1.37. The quantitative estimate of drug-likeness (QED) is 0.608. The number of carbonyl (C=O) groups excluding carboxylic acids is 1. The van der Waals surface area contributed by atoms with Gasteiger partial charge in [0.25, 0.3) is 0 Å². The summed E-state index contributed by atoms with van der Waals surface area (Å²) >= 11 is 0. The molecule has 1 heterocycles. The average molecular weight is 186 g/mol. The molecule has 0 spiro atoms. The first-order valence-electron chi connectivity index (χ1n) is 4.33. The minimum Gasteiger partial charge on any atom is -0.481 e. The fourth-order valence-corrected chi connectivity index (χ4v) is 1.22. The summed E-state index contributed by atoms with van der Waals surface area (Å²) in [6, 6.07) is -0.477. The molecule has 0 aromatic heterocycles. The highest BCUT2D eigenvalue weighted by Gasteiger charge is 2.36. The lowest BCUT2D eigenvalue weighted by Gasteiger charge is -2.37. The van der Waals surface area contributed by atoms with Crippen molar-refractivity contribution in [3.05, 3.63) is 0 Å². The van der Waals surface area contributed by atoms with Crippen LogP contribution in [0.15, 0.2) is 0 Å². The Hall–Kier alpha value is -1.10. The van der Waals surface area contributed by atoms with Crippen molar-refractivity contribution >= 4 is 11.9 Å². The molecule has 1 atom stereocenters. The Bertz CT molecular complexity index is 223. The molecule has 1 saturated heterocycles. The topological polar surface area (TPSA) is 83.6 Å². The van der Waals surface area contributed by atoms with Crippen LogP contribution in [0.4, 0.5) is 0 Å². The molecule has 13 heavy (non-hydrogen) atoms. The normalized spacial score (nSPS) is 19.4. The third-order valence-corrected chi connectivity index (χ3v) is 2.30. The molecule has 3 N–H and O–H groups in total. The first-order chi connectivity index (χ1) is 6.06. The van der Waals surface area contributed by atoms with Crippen molar-refractivity contribution in [1.82, 2.24) is 4.90 Å². The average Bonchev–Trinajstić information content (AvgIpc) is 1.99. The second-order valence-electron chi connectivity index (χ2n) is 3.29. The molecule has 1 aliphatic heterocycles. The summed E-state index contributed by atoms with van der Waals surface area (Å²) in [7, 11) is 0. The Morgan fingerprint density at radius 2 is 2.15 bits per heavy atom. The molecule has 0 aromatic carbocycles. The summed E-state index contributed by atoms with van der Waals surface area (Å²) in [6.07, 6.45) is 0.590. The van der Waals surface area contributed by atoms with Gasteiger partial charge in [-0.2, -0.15) is 0 Å². The van der Waals surface area contributed by atoms with Crippen LogP contribution in [0.25, 0.3) is 0 Å². The van der Waals surface area contributed by atoms with Crippen LogP contribution in [-0.2, 0) is 9.59 Å². The molecule has 1 rings (SSSR count). The van der Waals surface area contributed by atoms with E-state index in [0.717, 1.165) is 0 Å². The number of aliphatic carboxylic acids is 1. The van der Waals surface area contributed by atoms with Gasteiger partial charge >= 0.3 is 5.97 Å². The van der Waals surface area contributed by atoms with Crippen LogP contribution < -0.4 is 5.73 Å². The van der Waals surface area contributed by atoms with Gasteiger partial charge in [0.05, 0.1) is 12.0 Å². The molecule has 5 nitrogen and oxygen atoms in total. The van der Waals surface area contributed by atoms with Gasteiger partial charge in [-0.1, -0.05) is 6.92 Å². The number of carboxylic acid groups (broad SMARTS) is 1. The van der Waals surface area contributed by atoms with Crippen LogP contribution >= 0.6 is 0 Å². The summed E-state index contributed by atoms with van der Waals surface area (Å²) in [5, 5.41) is 8.56. The highest BCUT2D eigenvalue weighted by atomic mass is 16.4. The lowest BCUT2D eigenvalue weighted by atomic mass is 9.99. The Balaban J connectivity index is 2.35. The zero-order valence-corrected chi connectivity index (χ0v) is 7.56. The summed E-state index contributed by atoms with van der Waals surface area (Å²) in [5.41, 5.74) is 5.51. The van der Waals surface area contributed by atoms with E-state index < -0.39 is 17.9 Å². The third kappa shape index (κ3) is 1.98. The molecule has 0 aliphatic carbocycles. The van der Waals surface area contributed by atoms with Gasteiger partial charge in [-0.05, 0) is 6.42 Å². The molecule has 0 saturated carbocycles. The van der Waals surface area contributed by atoms with E-state index in [1.165, 1.54) is 4.90 Å². The Morgan fingerprint density at radius 1 is 1.62 bits per heavy atom. The Morgan fingerprint density at radius 3 is 2.54 bits per heavy atom. The lowest BCUT2D eigenvalue weighted by molar-refractivity contribution is -0.153. The van der Waals surface area contributed by atoms with Crippen molar-refractivity contribution in [2.24, 2.45) is 11.7 Å². The van der Waals surface area contributed by atoms with Crippen molar-refractivity contribution in [3.63, 3.8) is 0 Å². The number of nitrogens with two attached hydrogens (primary N) is 1. The van der Waals surface area contributed by atoms with E-state index in [0.29, 0.717) is 19.5 Å². The maximum atomic E-state index is 11.3. The molecule has 1 aliphatic rings. The number of hydrogen-bond donors (Lipinski definition) is 2. The second kappa shape index (κ2) is 3.74. The predicted octanol–water partition coefficient (Wildman–Crippen LogP) is -0.733. The van der Waals surface area contributed by atoms with Gasteiger partial charge in [0.2, 0.25) is 5.91 Å². The van der Waals surface area contributed by atoms with E-state index in [9.17, 15) is 9.59 Å². The molecule has 0 radical (unpaired) electrons. The molecule has 5 heteroatoms. The molecule has 1 amide bonds.